The lowest BCUT2D eigenvalue weighted by Crippen LogP contribution is -2.66. The molecule has 140 valence electrons. The summed E-state index contributed by atoms with van der Waals surface area (Å²) >= 11 is 0. The van der Waals surface area contributed by atoms with Crippen LogP contribution in [0.4, 0.5) is 9.18 Å². The van der Waals surface area contributed by atoms with Gasteiger partial charge in [0.1, 0.15) is 24.1 Å². The van der Waals surface area contributed by atoms with Gasteiger partial charge in [0.25, 0.3) is 0 Å². The summed E-state index contributed by atoms with van der Waals surface area (Å²) in [5, 5.41) is 31.2. The van der Waals surface area contributed by atoms with Crippen LogP contribution in [0.2, 0.25) is 0 Å². The average Bonchev–Trinajstić information content (AvgIpc) is 2.90. The van der Waals surface area contributed by atoms with Gasteiger partial charge in [0, 0.05) is 11.8 Å². The van der Waals surface area contributed by atoms with Crippen molar-refractivity contribution < 1.29 is 34.0 Å². The maximum absolute atomic E-state index is 13.0. The highest BCUT2D eigenvalue weighted by molar-refractivity contribution is 6.06. The molecule has 6 N–H and O–H groups in total. The van der Waals surface area contributed by atoms with Crippen molar-refractivity contribution in [2.24, 2.45) is 5.73 Å². The lowest BCUT2D eigenvalue weighted by atomic mass is 9.97. The van der Waals surface area contributed by atoms with Gasteiger partial charge in [0.15, 0.2) is 11.9 Å². The number of halogens is 1. The molecular weight excluding hydrogens is 349 g/mol. The molecular formula is C16H18FN3O6. The van der Waals surface area contributed by atoms with Crippen LogP contribution in [0.1, 0.15) is 10.4 Å². The highest BCUT2D eigenvalue weighted by atomic mass is 19.1. The number of nitrogens with zero attached hydrogens (tertiary/aromatic N) is 1. The van der Waals surface area contributed by atoms with E-state index in [0.29, 0.717) is 0 Å². The lowest BCUT2D eigenvalue weighted by Gasteiger charge is -2.36. The predicted molar refractivity (Wildman–Crippen MR) is 84.9 cm³/mol. The van der Waals surface area contributed by atoms with Crippen LogP contribution in [0, 0.1) is 5.82 Å². The number of ether oxygens (including phenoxy) is 1. The third kappa shape index (κ3) is 3.08. The molecule has 1 aromatic carbocycles. The first-order valence-electron chi connectivity index (χ1n) is 7.78. The summed E-state index contributed by atoms with van der Waals surface area (Å²) in [7, 11) is 0. The Morgan fingerprint density at radius 2 is 1.96 bits per heavy atom. The summed E-state index contributed by atoms with van der Waals surface area (Å²) in [4.78, 5) is 25.8. The van der Waals surface area contributed by atoms with E-state index in [1.807, 2.05) is 0 Å². The molecule has 2 aliphatic rings. The largest absolute Gasteiger partial charge is 0.394 e. The highest BCUT2D eigenvalue weighted by Crippen LogP contribution is 2.26. The number of carbonyl (C=O) groups excluding carboxylic acids is 2. The Labute approximate surface area is 147 Å². The van der Waals surface area contributed by atoms with Gasteiger partial charge in [-0.2, -0.15) is 0 Å². The molecule has 0 radical (unpaired) electrons. The monoisotopic (exact) mass is 367 g/mol. The molecule has 0 aliphatic carbocycles. The summed E-state index contributed by atoms with van der Waals surface area (Å²) < 4.78 is 18.3. The molecule has 26 heavy (non-hydrogen) atoms. The molecule has 2 amide bonds. The van der Waals surface area contributed by atoms with Crippen molar-refractivity contribution in [3.8, 4) is 0 Å². The molecule has 3 rings (SSSR count). The van der Waals surface area contributed by atoms with Crippen LogP contribution < -0.4 is 11.1 Å². The molecule has 1 aromatic rings. The normalized spacial score (nSPS) is 34.0. The van der Waals surface area contributed by atoms with Crippen molar-refractivity contribution >= 4 is 11.8 Å². The third-order valence-electron chi connectivity index (χ3n) is 4.32. The van der Waals surface area contributed by atoms with Crippen LogP contribution in [0.5, 0.6) is 0 Å². The Bertz CT molecular complexity index is 742. The fraction of sp³-hybridized carbons (Fsp3) is 0.375. The van der Waals surface area contributed by atoms with E-state index in [2.05, 4.69) is 5.32 Å². The zero-order valence-electron chi connectivity index (χ0n) is 13.4. The number of nitrogens with one attached hydrogen (secondary N) is 1. The molecule has 0 bridgehead atoms. The van der Waals surface area contributed by atoms with E-state index in [1.54, 1.807) is 0 Å². The Kier molecular flexibility index (Phi) is 4.78. The van der Waals surface area contributed by atoms with Gasteiger partial charge in [-0.15, -0.1) is 0 Å². The minimum absolute atomic E-state index is 0.0974. The number of aliphatic hydroxyl groups is 3. The van der Waals surface area contributed by atoms with Crippen molar-refractivity contribution in [3.05, 3.63) is 47.9 Å². The van der Waals surface area contributed by atoms with Gasteiger partial charge in [-0.1, -0.05) is 0 Å². The quantitative estimate of drug-likeness (QED) is 0.413. The maximum atomic E-state index is 13.0. The Morgan fingerprint density at radius 3 is 2.50 bits per heavy atom. The van der Waals surface area contributed by atoms with Crippen molar-refractivity contribution in [1.29, 1.82) is 0 Å². The molecule has 2 aliphatic heterocycles. The van der Waals surface area contributed by atoms with Gasteiger partial charge in [0.05, 0.1) is 6.61 Å². The molecule has 1 unspecified atom stereocenters. The van der Waals surface area contributed by atoms with E-state index in [-0.39, 0.29) is 5.56 Å². The van der Waals surface area contributed by atoms with E-state index in [9.17, 15) is 24.2 Å². The average molecular weight is 367 g/mol. The van der Waals surface area contributed by atoms with Gasteiger partial charge >= 0.3 is 6.03 Å². The van der Waals surface area contributed by atoms with Crippen molar-refractivity contribution in [2.45, 2.75) is 30.2 Å². The second-order valence-corrected chi connectivity index (χ2v) is 6.09. The van der Waals surface area contributed by atoms with Gasteiger partial charge in [-0.3, -0.25) is 15.4 Å². The minimum Gasteiger partial charge on any atom is -0.394 e. The minimum atomic E-state index is -1.87. The molecule has 0 saturated carbocycles. The van der Waals surface area contributed by atoms with Crippen molar-refractivity contribution in [1.82, 2.24) is 10.2 Å². The van der Waals surface area contributed by atoms with Crippen LogP contribution in [-0.4, -0.2) is 68.8 Å². The van der Waals surface area contributed by atoms with Crippen LogP contribution in [0.25, 0.3) is 0 Å². The summed E-state index contributed by atoms with van der Waals surface area (Å²) in [6.45, 7) is -0.544. The fourth-order valence-corrected chi connectivity index (χ4v) is 2.83. The zero-order chi connectivity index (χ0) is 19.1. The van der Waals surface area contributed by atoms with Crippen LogP contribution in [-0.2, 0) is 4.74 Å². The first-order valence-corrected chi connectivity index (χ1v) is 7.78. The number of benzene rings is 1. The molecule has 9 nitrogen and oxygen atoms in total. The van der Waals surface area contributed by atoms with E-state index in [4.69, 9.17) is 15.6 Å². The summed E-state index contributed by atoms with van der Waals surface area (Å²) in [5.41, 5.74) is 4.18. The number of hydrogen-bond acceptors (Lipinski definition) is 7. The standard InChI is InChI=1S/C16H18FN3O6/c17-9-3-1-8(2-4-9)13(24)16(18)5-6-20(15(25)19-16)14-12(23)11(22)10(7-21)26-14/h1-6,10-12,14,21-23H,7,18H2,(H,19,25)/t10-,11-,12-,14-,16?/m1/s1. The third-order valence-corrected chi connectivity index (χ3v) is 4.32. The number of hydrogen-bond donors (Lipinski definition) is 5. The molecule has 0 aromatic heterocycles. The SMILES string of the molecule is NC1(C(=O)c2ccc(F)cc2)C=CN([C@@H]2O[C@H](CO)[C@@H](O)[C@H]2O)C(=O)N1. The summed E-state index contributed by atoms with van der Waals surface area (Å²) in [6, 6.07) is 3.82. The van der Waals surface area contributed by atoms with E-state index in [1.165, 1.54) is 18.2 Å². The van der Waals surface area contributed by atoms with Gasteiger partial charge < -0.3 is 25.4 Å². The fourth-order valence-electron chi connectivity index (χ4n) is 2.83. The molecule has 10 heteroatoms. The number of Topliss-reactive ketones (excluding diaryl/α,β-unsaturated/α-hetero) is 1. The Morgan fingerprint density at radius 1 is 1.31 bits per heavy atom. The summed E-state index contributed by atoms with van der Waals surface area (Å²) in [5.74, 6) is -1.19. The van der Waals surface area contributed by atoms with Gasteiger partial charge in [-0.05, 0) is 30.3 Å². The van der Waals surface area contributed by atoms with Gasteiger partial charge in [0.2, 0.25) is 5.78 Å². The Balaban J connectivity index is 1.81. The maximum Gasteiger partial charge on any atom is 0.325 e. The number of carbonyl (C=O) groups is 2. The number of nitrogens with two attached hydrogens (primary N) is 1. The topological polar surface area (TPSA) is 145 Å². The molecule has 1 saturated heterocycles. The summed E-state index contributed by atoms with van der Waals surface area (Å²) in [6.07, 6.45) is -2.81. The number of rotatable bonds is 4. The first kappa shape index (κ1) is 18.4. The van der Waals surface area contributed by atoms with Crippen LogP contribution in [0.15, 0.2) is 36.5 Å². The number of urea groups is 1. The van der Waals surface area contributed by atoms with E-state index in [0.717, 1.165) is 23.2 Å². The highest BCUT2D eigenvalue weighted by Gasteiger charge is 2.48. The van der Waals surface area contributed by atoms with Crippen LogP contribution in [0.3, 0.4) is 0 Å². The Hall–Kier alpha value is -2.37. The molecule has 1 fully saturated rings. The number of aliphatic hydroxyl groups excluding tert-OH is 3. The molecule has 0 spiro atoms. The smallest absolute Gasteiger partial charge is 0.325 e. The molecule has 2 heterocycles. The van der Waals surface area contributed by atoms with E-state index < -0.39 is 54.4 Å². The van der Waals surface area contributed by atoms with E-state index >= 15 is 0 Å². The van der Waals surface area contributed by atoms with Crippen molar-refractivity contribution in [2.75, 3.05) is 6.61 Å². The lowest BCUT2D eigenvalue weighted by molar-refractivity contribution is -0.0666. The number of ketones is 1. The van der Waals surface area contributed by atoms with Crippen molar-refractivity contribution in [3.63, 3.8) is 0 Å². The predicted octanol–water partition coefficient (Wildman–Crippen LogP) is -1.36. The number of amides is 2. The second-order valence-electron chi connectivity index (χ2n) is 6.09. The van der Waals surface area contributed by atoms with Crippen LogP contribution >= 0.6 is 0 Å². The van der Waals surface area contributed by atoms with Gasteiger partial charge in [-0.25, -0.2) is 9.18 Å². The zero-order valence-corrected chi connectivity index (χ0v) is 13.4. The first-order chi connectivity index (χ1) is 12.3. The molecule has 5 atom stereocenters. The second kappa shape index (κ2) is 6.74.